The number of rotatable bonds is 3. The lowest BCUT2D eigenvalue weighted by atomic mass is 10.2. The molecule has 0 aliphatic rings. The lowest BCUT2D eigenvalue weighted by Gasteiger charge is -2.04. The van der Waals surface area contributed by atoms with Gasteiger partial charge in [-0.3, -0.25) is 0 Å². The van der Waals surface area contributed by atoms with E-state index in [-0.39, 0.29) is 0 Å². The highest BCUT2D eigenvalue weighted by molar-refractivity contribution is 7.80. The number of hydrogen-bond donors (Lipinski definition) is 1. The fourth-order valence-corrected chi connectivity index (χ4v) is 1.18. The highest BCUT2D eigenvalue weighted by Gasteiger charge is 1.95. The van der Waals surface area contributed by atoms with Crippen molar-refractivity contribution < 1.29 is 0 Å². The Balaban J connectivity index is 2.49. The summed E-state index contributed by atoms with van der Waals surface area (Å²) >= 11 is 5.19. The largest absolute Gasteiger partial charge is 0.372 e. The van der Waals surface area contributed by atoms with Crippen molar-refractivity contribution in [2.45, 2.75) is 6.92 Å². The number of benzene rings is 1. The third-order valence-corrected chi connectivity index (χ3v) is 2.03. The van der Waals surface area contributed by atoms with Crippen molar-refractivity contribution in [2.24, 2.45) is 0 Å². The first-order valence-electron chi connectivity index (χ1n) is 4.29. The Labute approximate surface area is 84.5 Å². The molecule has 0 aliphatic carbocycles. The van der Waals surface area contributed by atoms with Gasteiger partial charge in [-0.25, -0.2) is 0 Å². The minimum absolute atomic E-state index is 0.796. The topological polar surface area (TPSA) is 12.0 Å². The summed E-state index contributed by atoms with van der Waals surface area (Å²) in [7, 11) is 0. The van der Waals surface area contributed by atoms with Crippen LogP contribution in [0.1, 0.15) is 12.5 Å². The number of hydrogen-bond acceptors (Lipinski definition) is 1. The van der Waals surface area contributed by atoms with Gasteiger partial charge in [-0.05, 0) is 6.92 Å². The monoisotopic (exact) mass is 191 g/mol. The molecule has 13 heavy (non-hydrogen) atoms. The standard InChI is InChI=1S/C11H13NS/c1-2-3-9-12-11(13)10-7-5-4-6-8-10/h2-8H,9H2,1H3,(H,12,13)/b3-2+. The van der Waals surface area contributed by atoms with Crippen molar-refractivity contribution >= 4 is 17.2 Å². The molecule has 0 heterocycles. The molecule has 0 spiro atoms. The molecule has 0 amide bonds. The molecule has 0 unspecified atom stereocenters. The quantitative estimate of drug-likeness (QED) is 0.582. The van der Waals surface area contributed by atoms with Gasteiger partial charge in [-0.1, -0.05) is 54.7 Å². The molecule has 2 heteroatoms. The van der Waals surface area contributed by atoms with Gasteiger partial charge in [0.15, 0.2) is 0 Å². The second-order valence-corrected chi connectivity index (χ2v) is 3.05. The Kier molecular flexibility index (Phi) is 4.19. The normalized spacial score (nSPS) is 10.2. The molecule has 0 radical (unpaired) electrons. The van der Waals surface area contributed by atoms with Crippen LogP contribution >= 0.6 is 12.2 Å². The predicted molar refractivity (Wildman–Crippen MR) is 61.0 cm³/mol. The SMILES string of the molecule is C/C=C/CNC(=S)c1ccccc1. The number of allylic oxidation sites excluding steroid dienone is 1. The summed E-state index contributed by atoms with van der Waals surface area (Å²) < 4.78 is 0. The van der Waals surface area contributed by atoms with Crippen LogP contribution in [0.4, 0.5) is 0 Å². The van der Waals surface area contributed by atoms with E-state index < -0.39 is 0 Å². The molecule has 1 rings (SSSR count). The molecular weight excluding hydrogens is 178 g/mol. The van der Waals surface area contributed by atoms with Crippen LogP contribution < -0.4 is 5.32 Å². The smallest absolute Gasteiger partial charge is 0.106 e. The Hall–Kier alpha value is -1.15. The number of nitrogens with one attached hydrogen (secondary N) is 1. The lowest BCUT2D eigenvalue weighted by Crippen LogP contribution is -2.21. The third-order valence-electron chi connectivity index (χ3n) is 1.65. The van der Waals surface area contributed by atoms with Crippen LogP contribution in [0.2, 0.25) is 0 Å². The van der Waals surface area contributed by atoms with Gasteiger partial charge in [0.2, 0.25) is 0 Å². The van der Waals surface area contributed by atoms with Crippen LogP contribution in [0.5, 0.6) is 0 Å². The van der Waals surface area contributed by atoms with Crippen LogP contribution in [0.25, 0.3) is 0 Å². The molecule has 0 saturated carbocycles. The summed E-state index contributed by atoms with van der Waals surface area (Å²) in [6.07, 6.45) is 4.04. The molecule has 0 saturated heterocycles. The molecule has 0 aliphatic heterocycles. The average Bonchev–Trinajstić information content (AvgIpc) is 2.19. The summed E-state index contributed by atoms with van der Waals surface area (Å²) in [5, 5.41) is 3.14. The first kappa shape index (κ1) is 9.93. The summed E-state index contributed by atoms with van der Waals surface area (Å²) in [6, 6.07) is 9.96. The van der Waals surface area contributed by atoms with Crippen LogP contribution in [0.15, 0.2) is 42.5 Å². The second kappa shape index (κ2) is 5.49. The first-order chi connectivity index (χ1) is 6.34. The van der Waals surface area contributed by atoms with Crippen LogP contribution in [-0.2, 0) is 0 Å². The van der Waals surface area contributed by atoms with Crippen molar-refractivity contribution in [3.63, 3.8) is 0 Å². The molecule has 0 aromatic heterocycles. The zero-order valence-electron chi connectivity index (χ0n) is 7.66. The second-order valence-electron chi connectivity index (χ2n) is 2.65. The summed E-state index contributed by atoms with van der Waals surface area (Å²) in [5.41, 5.74) is 1.07. The lowest BCUT2D eigenvalue weighted by molar-refractivity contribution is 1.06. The average molecular weight is 191 g/mol. The minimum atomic E-state index is 0.796. The zero-order valence-corrected chi connectivity index (χ0v) is 8.47. The van der Waals surface area contributed by atoms with Gasteiger partial charge in [-0.15, -0.1) is 0 Å². The van der Waals surface area contributed by atoms with E-state index >= 15 is 0 Å². The highest BCUT2D eigenvalue weighted by Crippen LogP contribution is 1.98. The molecule has 68 valence electrons. The van der Waals surface area contributed by atoms with E-state index in [1.807, 2.05) is 49.4 Å². The Bertz CT molecular complexity index is 290. The van der Waals surface area contributed by atoms with E-state index in [2.05, 4.69) is 5.32 Å². The zero-order chi connectivity index (χ0) is 9.52. The van der Waals surface area contributed by atoms with Gasteiger partial charge in [0.25, 0.3) is 0 Å². The molecule has 1 N–H and O–H groups in total. The fraction of sp³-hybridized carbons (Fsp3) is 0.182. The molecule has 1 nitrogen and oxygen atoms in total. The third kappa shape index (κ3) is 3.38. The molecule has 1 aromatic carbocycles. The van der Waals surface area contributed by atoms with Gasteiger partial charge in [-0.2, -0.15) is 0 Å². The van der Waals surface area contributed by atoms with Crippen molar-refractivity contribution in [1.29, 1.82) is 0 Å². The summed E-state index contributed by atoms with van der Waals surface area (Å²) in [4.78, 5) is 0.804. The van der Waals surface area contributed by atoms with Crippen LogP contribution in [0.3, 0.4) is 0 Å². The Morgan fingerprint density at radius 3 is 2.69 bits per heavy atom. The maximum atomic E-state index is 5.19. The molecule has 0 fully saturated rings. The van der Waals surface area contributed by atoms with Crippen molar-refractivity contribution in [1.82, 2.24) is 5.32 Å². The van der Waals surface area contributed by atoms with Gasteiger partial charge in [0, 0.05) is 12.1 Å². The molecular formula is C11H13NS. The Morgan fingerprint density at radius 1 is 1.38 bits per heavy atom. The molecule has 0 atom stereocenters. The van der Waals surface area contributed by atoms with E-state index in [1.165, 1.54) is 0 Å². The minimum Gasteiger partial charge on any atom is -0.372 e. The van der Waals surface area contributed by atoms with E-state index in [0.717, 1.165) is 17.1 Å². The van der Waals surface area contributed by atoms with E-state index in [1.54, 1.807) is 0 Å². The number of thiocarbonyl (C=S) groups is 1. The first-order valence-corrected chi connectivity index (χ1v) is 4.70. The Morgan fingerprint density at radius 2 is 2.08 bits per heavy atom. The maximum Gasteiger partial charge on any atom is 0.106 e. The van der Waals surface area contributed by atoms with Gasteiger partial charge in [0.05, 0.1) is 0 Å². The molecule has 1 aromatic rings. The van der Waals surface area contributed by atoms with Gasteiger partial charge >= 0.3 is 0 Å². The highest BCUT2D eigenvalue weighted by atomic mass is 32.1. The van der Waals surface area contributed by atoms with E-state index in [4.69, 9.17) is 12.2 Å². The maximum absolute atomic E-state index is 5.19. The van der Waals surface area contributed by atoms with Crippen LogP contribution in [-0.4, -0.2) is 11.5 Å². The van der Waals surface area contributed by atoms with Gasteiger partial charge in [0.1, 0.15) is 4.99 Å². The van der Waals surface area contributed by atoms with E-state index in [9.17, 15) is 0 Å². The van der Waals surface area contributed by atoms with Crippen molar-refractivity contribution in [2.75, 3.05) is 6.54 Å². The van der Waals surface area contributed by atoms with Crippen molar-refractivity contribution in [3.05, 3.63) is 48.0 Å². The summed E-state index contributed by atoms with van der Waals surface area (Å²) in [5.74, 6) is 0. The van der Waals surface area contributed by atoms with E-state index in [0.29, 0.717) is 0 Å². The van der Waals surface area contributed by atoms with Gasteiger partial charge < -0.3 is 5.32 Å². The van der Waals surface area contributed by atoms with Crippen molar-refractivity contribution in [3.8, 4) is 0 Å². The summed E-state index contributed by atoms with van der Waals surface area (Å²) in [6.45, 7) is 2.79. The predicted octanol–water partition coefficient (Wildman–Crippen LogP) is 2.53. The van der Waals surface area contributed by atoms with Crippen LogP contribution in [0, 0.1) is 0 Å². The molecule has 0 bridgehead atoms. The fourth-order valence-electron chi connectivity index (χ4n) is 0.961.